The quantitative estimate of drug-likeness (QED) is 0.494. The van der Waals surface area contributed by atoms with Crippen LogP contribution in [0, 0.1) is 12.8 Å². The van der Waals surface area contributed by atoms with E-state index in [1.54, 1.807) is 6.26 Å². The smallest absolute Gasteiger partial charge is 0.200 e. The van der Waals surface area contributed by atoms with Crippen molar-refractivity contribution in [2.24, 2.45) is 5.92 Å². The number of aryl methyl sites for hydroxylation is 1. The van der Waals surface area contributed by atoms with E-state index in [9.17, 15) is 4.79 Å². The molecule has 2 saturated carbocycles. The Kier molecular flexibility index (Phi) is 5.05. The van der Waals surface area contributed by atoms with Crippen molar-refractivity contribution in [3.63, 3.8) is 0 Å². The largest absolute Gasteiger partial charge is 0.463 e. The molecular weight excluding hydrogens is 382 g/mol. The Bertz CT molecular complexity index is 1180. The first-order valence-corrected chi connectivity index (χ1v) is 11.8. The van der Waals surface area contributed by atoms with Crippen LogP contribution >= 0.6 is 0 Å². The molecule has 0 saturated heterocycles. The molecule has 5 rings (SSSR count). The number of rotatable bonds is 5. The zero-order chi connectivity index (χ0) is 21.8. The molecule has 0 aliphatic heterocycles. The summed E-state index contributed by atoms with van der Waals surface area (Å²) in [7, 11) is 0. The van der Waals surface area contributed by atoms with Crippen molar-refractivity contribution < 1.29 is 4.42 Å². The lowest BCUT2D eigenvalue weighted by Crippen LogP contribution is -2.49. The van der Waals surface area contributed by atoms with Crippen LogP contribution in [-0.4, -0.2) is 5.54 Å². The highest BCUT2D eigenvalue weighted by atomic mass is 16.3. The van der Waals surface area contributed by atoms with Crippen molar-refractivity contribution >= 4 is 11.0 Å². The summed E-state index contributed by atoms with van der Waals surface area (Å²) >= 11 is 0. The van der Waals surface area contributed by atoms with Crippen molar-refractivity contribution in [3.8, 4) is 11.1 Å². The molecule has 2 aliphatic rings. The minimum atomic E-state index is 0.0624. The Morgan fingerprint density at radius 3 is 2.61 bits per heavy atom. The maximum Gasteiger partial charge on any atom is 0.200 e. The van der Waals surface area contributed by atoms with Crippen molar-refractivity contribution in [3.05, 3.63) is 69.6 Å². The molecule has 1 N–H and O–H groups in total. The topological polar surface area (TPSA) is 42.2 Å². The lowest BCUT2D eigenvalue weighted by Gasteiger charge is -2.41. The van der Waals surface area contributed by atoms with Gasteiger partial charge in [-0.15, -0.1) is 0 Å². The fraction of sp³-hybridized carbons (Fsp3) is 0.464. The van der Waals surface area contributed by atoms with Gasteiger partial charge in [0.15, 0.2) is 0 Å². The molecule has 0 amide bonds. The summed E-state index contributed by atoms with van der Waals surface area (Å²) in [6.45, 7) is 8.83. The third kappa shape index (κ3) is 3.74. The summed E-state index contributed by atoms with van der Waals surface area (Å²) in [5, 5.41) is 4.45. The SMILES string of the molecule is Cc1cc(C(C)NC2(C)CCC2)cc2c(=O)c(-c3cccc(C4CC(C)C4)c3)coc12. The van der Waals surface area contributed by atoms with E-state index in [4.69, 9.17) is 4.42 Å². The number of fused-ring (bicyclic) bond motifs is 1. The normalized spacial score (nSPS) is 23.2. The Labute approximate surface area is 184 Å². The van der Waals surface area contributed by atoms with Gasteiger partial charge in [-0.2, -0.15) is 0 Å². The molecule has 1 heterocycles. The van der Waals surface area contributed by atoms with Crippen molar-refractivity contribution in [1.82, 2.24) is 5.32 Å². The van der Waals surface area contributed by atoms with Gasteiger partial charge in [-0.25, -0.2) is 0 Å². The van der Waals surface area contributed by atoms with Gasteiger partial charge in [0.25, 0.3) is 0 Å². The minimum absolute atomic E-state index is 0.0624. The second kappa shape index (κ2) is 7.63. The average Bonchev–Trinajstić information content (AvgIpc) is 2.71. The van der Waals surface area contributed by atoms with Gasteiger partial charge in [-0.3, -0.25) is 4.79 Å². The van der Waals surface area contributed by atoms with E-state index in [0.717, 1.165) is 22.6 Å². The maximum absolute atomic E-state index is 13.5. The second-order valence-corrected chi connectivity index (χ2v) is 10.4. The van der Waals surface area contributed by atoms with E-state index in [2.05, 4.69) is 50.4 Å². The molecule has 0 spiro atoms. The van der Waals surface area contributed by atoms with Crippen LogP contribution in [0.3, 0.4) is 0 Å². The van der Waals surface area contributed by atoms with Gasteiger partial charge in [0.2, 0.25) is 5.43 Å². The number of benzene rings is 2. The molecule has 3 nitrogen and oxygen atoms in total. The van der Waals surface area contributed by atoms with E-state index < -0.39 is 0 Å². The highest BCUT2D eigenvalue weighted by molar-refractivity contribution is 5.84. The predicted octanol–water partition coefficient (Wildman–Crippen LogP) is 6.88. The Morgan fingerprint density at radius 1 is 1.16 bits per heavy atom. The third-order valence-corrected chi connectivity index (χ3v) is 7.65. The Morgan fingerprint density at radius 2 is 1.94 bits per heavy atom. The molecule has 2 aromatic carbocycles. The lowest BCUT2D eigenvalue weighted by atomic mass is 9.72. The monoisotopic (exact) mass is 415 g/mol. The highest BCUT2D eigenvalue weighted by Gasteiger charge is 2.33. The average molecular weight is 416 g/mol. The fourth-order valence-corrected chi connectivity index (χ4v) is 5.48. The Balaban J connectivity index is 1.53. The molecule has 2 fully saturated rings. The standard InChI is InChI=1S/C28H33NO2/c1-17-11-23(12-17)20-7-5-8-21(14-20)25-16-31-27-18(2)13-22(15-24(27)26(25)30)19(3)29-28(4)9-6-10-28/h5,7-8,13-17,19,23,29H,6,9-12H2,1-4H3. The van der Waals surface area contributed by atoms with Gasteiger partial charge in [0, 0.05) is 11.6 Å². The van der Waals surface area contributed by atoms with Crippen LogP contribution in [0.25, 0.3) is 22.1 Å². The molecule has 3 heteroatoms. The van der Waals surface area contributed by atoms with Gasteiger partial charge < -0.3 is 9.73 Å². The molecule has 0 bridgehead atoms. The van der Waals surface area contributed by atoms with Crippen LogP contribution in [0.5, 0.6) is 0 Å². The van der Waals surface area contributed by atoms with Crippen LogP contribution in [0.1, 0.15) is 81.5 Å². The number of hydrogen-bond acceptors (Lipinski definition) is 3. The van der Waals surface area contributed by atoms with Crippen LogP contribution in [0.2, 0.25) is 0 Å². The van der Waals surface area contributed by atoms with Crippen molar-refractivity contribution in [1.29, 1.82) is 0 Å². The molecule has 1 unspecified atom stereocenters. The van der Waals surface area contributed by atoms with E-state index in [0.29, 0.717) is 22.5 Å². The molecule has 2 aliphatic carbocycles. The third-order valence-electron chi connectivity index (χ3n) is 7.65. The van der Waals surface area contributed by atoms with Gasteiger partial charge in [0.05, 0.1) is 10.9 Å². The van der Waals surface area contributed by atoms with E-state index in [-0.39, 0.29) is 17.0 Å². The van der Waals surface area contributed by atoms with Crippen molar-refractivity contribution in [2.45, 2.75) is 77.3 Å². The minimum Gasteiger partial charge on any atom is -0.463 e. The Hall–Kier alpha value is -2.39. The molecular formula is C28H33NO2. The van der Waals surface area contributed by atoms with Gasteiger partial charge in [0.1, 0.15) is 11.8 Å². The van der Waals surface area contributed by atoms with E-state index >= 15 is 0 Å². The summed E-state index contributed by atoms with van der Waals surface area (Å²) in [4.78, 5) is 13.5. The van der Waals surface area contributed by atoms with Crippen LogP contribution in [0.15, 0.2) is 51.9 Å². The van der Waals surface area contributed by atoms with Gasteiger partial charge in [-0.1, -0.05) is 37.3 Å². The lowest BCUT2D eigenvalue weighted by molar-refractivity contribution is 0.190. The fourth-order valence-electron chi connectivity index (χ4n) is 5.48. The van der Waals surface area contributed by atoms with E-state index in [1.807, 2.05) is 19.1 Å². The first kappa shape index (κ1) is 20.5. The van der Waals surface area contributed by atoms with Gasteiger partial charge >= 0.3 is 0 Å². The molecule has 3 aromatic rings. The van der Waals surface area contributed by atoms with Crippen LogP contribution in [0.4, 0.5) is 0 Å². The molecule has 1 atom stereocenters. The van der Waals surface area contributed by atoms with Crippen molar-refractivity contribution in [2.75, 3.05) is 0 Å². The van der Waals surface area contributed by atoms with Crippen LogP contribution in [-0.2, 0) is 0 Å². The molecule has 31 heavy (non-hydrogen) atoms. The van der Waals surface area contributed by atoms with Gasteiger partial charge in [-0.05, 0) is 93.0 Å². The number of hydrogen-bond donors (Lipinski definition) is 1. The maximum atomic E-state index is 13.5. The predicted molar refractivity (Wildman–Crippen MR) is 128 cm³/mol. The summed E-state index contributed by atoms with van der Waals surface area (Å²) in [5.74, 6) is 1.43. The highest BCUT2D eigenvalue weighted by Crippen LogP contribution is 2.42. The zero-order valence-electron chi connectivity index (χ0n) is 19.1. The molecule has 1 aromatic heterocycles. The molecule has 0 radical (unpaired) electrons. The number of nitrogens with one attached hydrogen (secondary N) is 1. The first-order valence-electron chi connectivity index (χ1n) is 11.8. The first-order chi connectivity index (χ1) is 14.8. The van der Waals surface area contributed by atoms with Crippen LogP contribution < -0.4 is 10.7 Å². The summed E-state index contributed by atoms with van der Waals surface area (Å²) in [6.07, 6.45) is 7.85. The van der Waals surface area contributed by atoms with E-state index in [1.165, 1.54) is 37.7 Å². The summed E-state index contributed by atoms with van der Waals surface area (Å²) in [5.41, 5.74) is 6.10. The molecule has 162 valence electrons. The zero-order valence-corrected chi connectivity index (χ0v) is 19.1. The summed E-state index contributed by atoms with van der Waals surface area (Å²) < 4.78 is 6.01. The second-order valence-electron chi connectivity index (χ2n) is 10.4. The summed E-state index contributed by atoms with van der Waals surface area (Å²) in [6, 6.07) is 12.9.